The molecule has 0 atom stereocenters. The first kappa shape index (κ1) is 15.2. The third-order valence-electron chi connectivity index (χ3n) is 3.10. The molecule has 0 aliphatic rings. The molecule has 23 heavy (non-hydrogen) atoms. The highest BCUT2D eigenvalue weighted by Crippen LogP contribution is 2.20. The van der Waals surface area contributed by atoms with Crippen LogP contribution in [0.3, 0.4) is 0 Å². The molecule has 2 aromatic heterocycles. The molecule has 1 amide bonds. The smallest absolute Gasteiger partial charge is 0.325 e. The van der Waals surface area contributed by atoms with Crippen molar-refractivity contribution in [3.8, 4) is 0 Å². The number of fused-ring (bicyclic) bond motifs is 1. The summed E-state index contributed by atoms with van der Waals surface area (Å²) in [6, 6.07) is 7.56. The zero-order valence-electron chi connectivity index (χ0n) is 12.0. The lowest BCUT2D eigenvalue weighted by molar-refractivity contribution is -0.141. The Morgan fingerprint density at radius 1 is 1.35 bits per heavy atom. The van der Waals surface area contributed by atoms with Gasteiger partial charge in [0.15, 0.2) is 10.6 Å². The topological polar surface area (TPSA) is 73.8 Å². The Labute approximate surface area is 133 Å². The maximum absolute atomic E-state index is 14.1. The number of halogens is 1. The van der Waals surface area contributed by atoms with Crippen molar-refractivity contribution in [2.45, 2.75) is 6.54 Å². The molecule has 0 aliphatic carbocycles. The molecule has 118 valence electrons. The molecule has 3 aromatic rings. The van der Waals surface area contributed by atoms with Crippen molar-refractivity contribution in [3.05, 3.63) is 53.0 Å². The molecular formula is C15H11FN2O4S. The second-order valence-corrected chi connectivity index (χ2v) is 5.54. The Balaban J connectivity index is 2.19. The van der Waals surface area contributed by atoms with Gasteiger partial charge in [-0.25, -0.2) is 4.39 Å². The quantitative estimate of drug-likeness (QED) is 0.689. The van der Waals surface area contributed by atoms with Crippen molar-refractivity contribution in [2.75, 3.05) is 7.11 Å². The predicted octanol–water partition coefficient (Wildman–Crippen LogP) is 2.35. The van der Waals surface area contributed by atoms with Gasteiger partial charge in [-0.2, -0.15) is 4.99 Å². The van der Waals surface area contributed by atoms with Crippen LogP contribution < -0.4 is 4.80 Å². The number of thiazole rings is 1. The van der Waals surface area contributed by atoms with Crippen LogP contribution in [-0.4, -0.2) is 23.6 Å². The van der Waals surface area contributed by atoms with Gasteiger partial charge in [0.25, 0.3) is 0 Å². The van der Waals surface area contributed by atoms with Crippen molar-refractivity contribution < 1.29 is 23.1 Å². The summed E-state index contributed by atoms with van der Waals surface area (Å²) in [6.07, 6.45) is 1.36. The van der Waals surface area contributed by atoms with E-state index in [1.54, 1.807) is 18.2 Å². The third kappa shape index (κ3) is 2.93. The average molecular weight is 334 g/mol. The van der Waals surface area contributed by atoms with Crippen molar-refractivity contribution in [1.82, 2.24) is 4.57 Å². The molecular weight excluding hydrogens is 323 g/mol. The lowest BCUT2D eigenvalue weighted by atomic mass is 10.3. The van der Waals surface area contributed by atoms with Crippen LogP contribution in [0, 0.1) is 5.82 Å². The number of methoxy groups -OCH3 is 1. The van der Waals surface area contributed by atoms with E-state index >= 15 is 0 Å². The fraction of sp³-hybridized carbons (Fsp3) is 0.133. The Hall–Kier alpha value is -2.74. The minimum Gasteiger partial charge on any atom is -0.468 e. The highest BCUT2D eigenvalue weighted by Gasteiger charge is 2.15. The van der Waals surface area contributed by atoms with E-state index < -0.39 is 17.7 Å². The minimum atomic E-state index is -0.611. The van der Waals surface area contributed by atoms with Gasteiger partial charge >= 0.3 is 11.9 Å². The van der Waals surface area contributed by atoms with Gasteiger partial charge in [-0.3, -0.25) is 9.59 Å². The molecule has 0 saturated carbocycles. The second-order valence-electron chi connectivity index (χ2n) is 4.53. The van der Waals surface area contributed by atoms with Gasteiger partial charge in [-0.1, -0.05) is 17.4 Å². The Bertz CT molecular complexity index is 940. The van der Waals surface area contributed by atoms with Gasteiger partial charge in [0.2, 0.25) is 0 Å². The maximum atomic E-state index is 14.1. The number of benzene rings is 1. The zero-order chi connectivity index (χ0) is 16.4. The van der Waals surface area contributed by atoms with Gasteiger partial charge in [0.05, 0.1) is 23.6 Å². The summed E-state index contributed by atoms with van der Waals surface area (Å²) >= 11 is 1.10. The SMILES string of the molecule is COC(=O)Cn1c(=NC(=O)c2ccco2)sc2cccc(F)c21. The lowest BCUT2D eigenvalue weighted by Gasteiger charge is -2.04. The largest absolute Gasteiger partial charge is 0.468 e. The van der Waals surface area contributed by atoms with Crippen LogP contribution in [0.25, 0.3) is 10.2 Å². The number of carbonyl (C=O) groups is 2. The number of rotatable bonds is 3. The first-order valence-corrected chi connectivity index (χ1v) is 7.39. The summed E-state index contributed by atoms with van der Waals surface area (Å²) in [5, 5.41) is 0. The number of ether oxygens (including phenoxy) is 1. The molecule has 0 aliphatic heterocycles. The molecule has 8 heteroatoms. The van der Waals surface area contributed by atoms with E-state index in [9.17, 15) is 14.0 Å². The molecule has 0 fully saturated rings. The Morgan fingerprint density at radius 3 is 2.87 bits per heavy atom. The fourth-order valence-corrected chi connectivity index (χ4v) is 3.10. The number of amides is 1. The van der Waals surface area contributed by atoms with Gasteiger partial charge in [-0.05, 0) is 24.3 Å². The summed E-state index contributed by atoms with van der Waals surface area (Å²) < 4.78 is 25.6. The average Bonchev–Trinajstić information content (AvgIpc) is 3.16. The molecule has 0 radical (unpaired) electrons. The van der Waals surface area contributed by atoms with Crippen molar-refractivity contribution >= 4 is 33.4 Å². The number of carbonyl (C=O) groups excluding carboxylic acids is 2. The molecule has 0 spiro atoms. The van der Waals surface area contributed by atoms with E-state index in [4.69, 9.17) is 4.42 Å². The Kier molecular flexibility index (Phi) is 4.07. The van der Waals surface area contributed by atoms with E-state index in [1.165, 1.54) is 30.1 Å². The summed E-state index contributed by atoms with van der Waals surface area (Å²) in [4.78, 5) is 27.8. The number of para-hydroxylation sites is 1. The van der Waals surface area contributed by atoms with Crippen molar-refractivity contribution in [3.63, 3.8) is 0 Å². The molecule has 0 saturated heterocycles. The third-order valence-corrected chi connectivity index (χ3v) is 4.14. The number of hydrogen-bond acceptors (Lipinski definition) is 5. The van der Waals surface area contributed by atoms with Gasteiger partial charge in [-0.15, -0.1) is 0 Å². The molecule has 0 bridgehead atoms. The summed E-state index contributed by atoms with van der Waals surface area (Å²) in [5.74, 6) is -1.62. The minimum absolute atomic E-state index is 0.0625. The number of aromatic nitrogens is 1. The Morgan fingerprint density at radius 2 is 2.17 bits per heavy atom. The lowest BCUT2D eigenvalue weighted by Crippen LogP contribution is -2.22. The van der Waals surface area contributed by atoms with Crippen LogP contribution in [0.5, 0.6) is 0 Å². The molecule has 2 heterocycles. The van der Waals surface area contributed by atoms with E-state index in [-0.39, 0.29) is 22.6 Å². The molecule has 3 rings (SSSR count). The molecule has 0 unspecified atom stereocenters. The number of nitrogens with zero attached hydrogens (tertiary/aromatic N) is 2. The molecule has 6 nitrogen and oxygen atoms in total. The first-order valence-electron chi connectivity index (χ1n) is 6.57. The maximum Gasteiger partial charge on any atom is 0.325 e. The van der Waals surface area contributed by atoms with Crippen molar-refractivity contribution in [2.24, 2.45) is 4.99 Å². The normalized spacial score (nSPS) is 11.8. The van der Waals surface area contributed by atoms with Crippen LogP contribution in [0.2, 0.25) is 0 Å². The van der Waals surface area contributed by atoms with Crippen LogP contribution in [0.4, 0.5) is 4.39 Å². The summed E-state index contributed by atoms with van der Waals surface area (Å²) in [6.45, 7) is -0.248. The van der Waals surface area contributed by atoms with E-state index in [1.807, 2.05) is 0 Å². The summed E-state index contributed by atoms with van der Waals surface area (Å²) in [7, 11) is 1.23. The van der Waals surface area contributed by atoms with Gasteiger partial charge in [0.1, 0.15) is 12.4 Å². The fourth-order valence-electron chi connectivity index (χ4n) is 2.05. The number of esters is 1. The number of furan rings is 1. The van der Waals surface area contributed by atoms with E-state index in [0.29, 0.717) is 4.70 Å². The standard InChI is InChI=1S/C15H11FN2O4S/c1-21-12(19)8-18-13-9(16)4-2-6-11(13)23-15(18)17-14(20)10-5-3-7-22-10/h2-7H,8H2,1H3. The highest BCUT2D eigenvalue weighted by atomic mass is 32.1. The molecule has 1 aromatic carbocycles. The van der Waals surface area contributed by atoms with Crippen molar-refractivity contribution in [1.29, 1.82) is 0 Å². The van der Waals surface area contributed by atoms with Crippen LogP contribution in [0.1, 0.15) is 10.6 Å². The second kappa shape index (κ2) is 6.17. The highest BCUT2D eigenvalue weighted by molar-refractivity contribution is 7.16. The summed E-state index contributed by atoms with van der Waals surface area (Å²) in [5.41, 5.74) is 0.203. The van der Waals surface area contributed by atoms with Gasteiger partial charge in [0, 0.05) is 0 Å². The first-order chi connectivity index (χ1) is 11.1. The van der Waals surface area contributed by atoms with Crippen LogP contribution in [0.15, 0.2) is 46.0 Å². The molecule has 0 N–H and O–H groups in total. The van der Waals surface area contributed by atoms with E-state index in [2.05, 4.69) is 9.73 Å². The van der Waals surface area contributed by atoms with Crippen LogP contribution >= 0.6 is 11.3 Å². The predicted molar refractivity (Wildman–Crippen MR) is 80.4 cm³/mol. The monoisotopic (exact) mass is 334 g/mol. The van der Waals surface area contributed by atoms with E-state index in [0.717, 1.165) is 11.3 Å². The van der Waals surface area contributed by atoms with Gasteiger partial charge < -0.3 is 13.7 Å². The van der Waals surface area contributed by atoms with Crippen LogP contribution in [-0.2, 0) is 16.1 Å². The number of hydrogen-bond donors (Lipinski definition) is 0. The zero-order valence-corrected chi connectivity index (χ0v) is 12.8.